The lowest BCUT2D eigenvalue weighted by Gasteiger charge is -2.09. The van der Waals surface area contributed by atoms with Crippen LogP contribution < -0.4 is 10.6 Å². The molecule has 0 aliphatic carbocycles. The van der Waals surface area contributed by atoms with Crippen LogP contribution in [0.3, 0.4) is 0 Å². The molecule has 0 aliphatic heterocycles. The van der Waals surface area contributed by atoms with Crippen molar-refractivity contribution in [2.24, 2.45) is 0 Å². The van der Waals surface area contributed by atoms with Crippen LogP contribution in [0.15, 0.2) is 35.1 Å². The van der Waals surface area contributed by atoms with Gasteiger partial charge >= 0.3 is 0 Å². The van der Waals surface area contributed by atoms with Gasteiger partial charge in [0.25, 0.3) is 0 Å². The van der Waals surface area contributed by atoms with Crippen LogP contribution >= 0.6 is 0 Å². The Morgan fingerprint density at radius 2 is 2.10 bits per heavy atom. The van der Waals surface area contributed by atoms with E-state index in [-0.39, 0.29) is 0 Å². The molecule has 0 atom stereocenters. The van der Waals surface area contributed by atoms with Gasteiger partial charge in [-0.05, 0) is 12.1 Å². The van der Waals surface area contributed by atoms with E-state index in [1.54, 1.807) is 7.05 Å². The minimum atomic E-state index is 0.587. The zero-order valence-corrected chi connectivity index (χ0v) is 11.0. The van der Waals surface area contributed by atoms with Crippen molar-refractivity contribution in [2.45, 2.75) is 6.42 Å². The topological polar surface area (TPSA) is 88.8 Å². The molecule has 7 nitrogen and oxygen atoms in total. The lowest BCUT2D eigenvalue weighted by molar-refractivity contribution is 0.380. The van der Waals surface area contributed by atoms with Crippen molar-refractivity contribution in [2.75, 3.05) is 24.2 Å². The Bertz CT molecular complexity index is 697. The average molecular weight is 270 g/mol. The summed E-state index contributed by atoms with van der Waals surface area (Å²) in [5.41, 5.74) is 0.896. The molecule has 3 aromatic rings. The molecule has 7 heteroatoms. The molecule has 2 aromatic heterocycles. The minimum Gasteiger partial charge on any atom is -0.369 e. The SMILES string of the molecule is CNc1nc(NCCc2ncno2)c2ccccc2n1. The highest BCUT2D eigenvalue weighted by molar-refractivity contribution is 5.89. The van der Waals surface area contributed by atoms with Gasteiger partial charge in [-0.15, -0.1) is 0 Å². The van der Waals surface area contributed by atoms with Crippen molar-refractivity contribution in [1.82, 2.24) is 20.1 Å². The highest BCUT2D eigenvalue weighted by atomic mass is 16.5. The van der Waals surface area contributed by atoms with E-state index in [2.05, 4.69) is 30.7 Å². The molecule has 20 heavy (non-hydrogen) atoms. The van der Waals surface area contributed by atoms with Crippen molar-refractivity contribution in [3.63, 3.8) is 0 Å². The smallest absolute Gasteiger partial charge is 0.228 e. The predicted molar refractivity (Wildman–Crippen MR) is 75.6 cm³/mol. The molecule has 0 amide bonds. The molecule has 0 unspecified atom stereocenters. The first-order valence-electron chi connectivity index (χ1n) is 6.31. The fourth-order valence-corrected chi connectivity index (χ4v) is 1.92. The van der Waals surface area contributed by atoms with E-state index >= 15 is 0 Å². The van der Waals surface area contributed by atoms with Crippen molar-refractivity contribution in [1.29, 1.82) is 0 Å². The van der Waals surface area contributed by atoms with E-state index in [0.717, 1.165) is 16.7 Å². The van der Waals surface area contributed by atoms with Gasteiger partial charge in [-0.3, -0.25) is 0 Å². The molecule has 0 spiro atoms. The van der Waals surface area contributed by atoms with Crippen molar-refractivity contribution in [3.8, 4) is 0 Å². The van der Waals surface area contributed by atoms with Crippen molar-refractivity contribution >= 4 is 22.7 Å². The lowest BCUT2D eigenvalue weighted by atomic mass is 10.2. The number of anilines is 2. The first-order valence-corrected chi connectivity index (χ1v) is 6.31. The Morgan fingerprint density at radius 3 is 2.90 bits per heavy atom. The molecule has 102 valence electrons. The fraction of sp³-hybridized carbons (Fsp3) is 0.231. The zero-order chi connectivity index (χ0) is 13.8. The molecular weight excluding hydrogens is 256 g/mol. The van der Waals surface area contributed by atoms with Crippen molar-refractivity contribution in [3.05, 3.63) is 36.5 Å². The van der Waals surface area contributed by atoms with E-state index in [0.29, 0.717) is 24.8 Å². The molecule has 0 aliphatic rings. The summed E-state index contributed by atoms with van der Waals surface area (Å²) in [5, 5.41) is 10.8. The van der Waals surface area contributed by atoms with E-state index in [1.807, 2.05) is 24.3 Å². The Morgan fingerprint density at radius 1 is 1.20 bits per heavy atom. The summed E-state index contributed by atoms with van der Waals surface area (Å²) < 4.78 is 4.96. The highest BCUT2D eigenvalue weighted by Crippen LogP contribution is 2.21. The summed E-state index contributed by atoms with van der Waals surface area (Å²) in [6.45, 7) is 0.659. The normalized spacial score (nSPS) is 10.7. The van der Waals surface area contributed by atoms with E-state index in [1.165, 1.54) is 6.33 Å². The van der Waals surface area contributed by atoms with E-state index in [4.69, 9.17) is 4.52 Å². The Balaban J connectivity index is 1.82. The number of hydrogen-bond donors (Lipinski definition) is 2. The van der Waals surface area contributed by atoms with Gasteiger partial charge in [-0.2, -0.15) is 9.97 Å². The molecule has 0 radical (unpaired) electrons. The number of benzene rings is 1. The third-order valence-corrected chi connectivity index (χ3v) is 2.87. The predicted octanol–water partition coefficient (Wildman–Crippen LogP) is 1.71. The van der Waals surface area contributed by atoms with Crippen LogP contribution in [0.4, 0.5) is 11.8 Å². The number of aromatic nitrogens is 4. The van der Waals surface area contributed by atoms with Crippen LogP contribution in [0.5, 0.6) is 0 Å². The second-order valence-corrected chi connectivity index (χ2v) is 4.17. The summed E-state index contributed by atoms with van der Waals surface area (Å²) in [6.07, 6.45) is 2.04. The van der Waals surface area contributed by atoms with Crippen LogP contribution in [-0.2, 0) is 6.42 Å². The molecule has 1 aromatic carbocycles. The average Bonchev–Trinajstić information content (AvgIpc) is 3.00. The van der Waals surface area contributed by atoms with Gasteiger partial charge in [0, 0.05) is 25.4 Å². The van der Waals surface area contributed by atoms with E-state index in [9.17, 15) is 0 Å². The van der Waals surface area contributed by atoms with Crippen LogP contribution in [0.1, 0.15) is 5.89 Å². The minimum absolute atomic E-state index is 0.587. The first-order chi connectivity index (χ1) is 9.86. The second kappa shape index (κ2) is 5.52. The summed E-state index contributed by atoms with van der Waals surface area (Å²) in [4.78, 5) is 12.8. The fourth-order valence-electron chi connectivity index (χ4n) is 1.92. The van der Waals surface area contributed by atoms with E-state index < -0.39 is 0 Å². The molecule has 0 bridgehead atoms. The van der Waals surface area contributed by atoms with Gasteiger partial charge in [0.2, 0.25) is 11.8 Å². The highest BCUT2D eigenvalue weighted by Gasteiger charge is 2.06. The van der Waals surface area contributed by atoms with Gasteiger partial charge in [0.05, 0.1) is 5.52 Å². The van der Waals surface area contributed by atoms with Crippen LogP contribution in [0, 0.1) is 0 Å². The van der Waals surface area contributed by atoms with Gasteiger partial charge in [-0.1, -0.05) is 17.3 Å². The monoisotopic (exact) mass is 270 g/mol. The lowest BCUT2D eigenvalue weighted by Crippen LogP contribution is -2.09. The van der Waals surface area contributed by atoms with Crippen molar-refractivity contribution < 1.29 is 4.52 Å². The molecule has 2 N–H and O–H groups in total. The first kappa shape index (κ1) is 12.3. The van der Waals surface area contributed by atoms with Gasteiger partial charge < -0.3 is 15.2 Å². The summed E-state index contributed by atoms with van der Waals surface area (Å²) in [5.74, 6) is 1.98. The summed E-state index contributed by atoms with van der Waals surface area (Å²) in [7, 11) is 1.80. The maximum Gasteiger partial charge on any atom is 0.228 e. The van der Waals surface area contributed by atoms with Gasteiger partial charge in [0.15, 0.2) is 6.33 Å². The molecular formula is C13H14N6O. The Hall–Kier alpha value is -2.70. The summed E-state index contributed by atoms with van der Waals surface area (Å²) >= 11 is 0. The molecule has 0 saturated heterocycles. The number of nitrogens with one attached hydrogen (secondary N) is 2. The number of rotatable bonds is 5. The largest absolute Gasteiger partial charge is 0.369 e. The number of hydrogen-bond acceptors (Lipinski definition) is 7. The number of para-hydroxylation sites is 1. The summed E-state index contributed by atoms with van der Waals surface area (Å²) in [6, 6.07) is 7.87. The second-order valence-electron chi connectivity index (χ2n) is 4.17. The van der Waals surface area contributed by atoms with Crippen LogP contribution in [0.25, 0.3) is 10.9 Å². The van der Waals surface area contributed by atoms with Crippen LogP contribution in [0.2, 0.25) is 0 Å². The zero-order valence-electron chi connectivity index (χ0n) is 11.0. The van der Waals surface area contributed by atoms with Crippen LogP contribution in [-0.4, -0.2) is 33.7 Å². The standard InChI is InChI=1S/C13H14N6O/c1-14-13-18-10-5-3-2-4-9(10)12(19-13)15-7-6-11-16-8-17-20-11/h2-5,8H,6-7H2,1H3,(H2,14,15,18,19). The maximum absolute atomic E-state index is 4.96. The number of nitrogens with zero attached hydrogens (tertiary/aromatic N) is 4. The molecule has 0 saturated carbocycles. The molecule has 0 fully saturated rings. The quantitative estimate of drug-likeness (QED) is 0.729. The molecule has 2 heterocycles. The third-order valence-electron chi connectivity index (χ3n) is 2.87. The maximum atomic E-state index is 4.96. The Kier molecular flexibility index (Phi) is 3.40. The van der Waals surface area contributed by atoms with Gasteiger partial charge in [0.1, 0.15) is 5.82 Å². The number of fused-ring (bicyclic) bond motifs is 1. The Labute approximate surface area is 115 Å². The third kappa shape index (κ3) is 2.51. The molecule has 3 rings (SSSR count). The van der Waals surface area contributed by atoms with Gasteiger partial charge in [-0.25, -0.2) is 4.98 Å².